The average Bonchev–Trinajstić information content (AvgIpc) is 2.41. The Bertz CT molecular complexity index is 516. The number of hydrogen-bond acceptors (Lipinski definition) is 4. The smallest absolute Gasteiger partial charge is 0.189 e. The van der Waals surface area contributed by atoms with E-state index in [4.69, 9.17) is 0 Å². The number of rotatable bonds is 4. The first-order valence-corrected chi connectivity index (χ1v) is 6.74. The molecule has 0 bridgehead atoms. The second kappa shape index (κ2) is 5.82. The molecule has 0 saturated carbocycles. The number of benzene rings is 1. The van der Waals surface area contributed by atoms with E-state index in [1.165, 1.54) is 23.9 Å². The molecule has 1 heterocycles. The van der Waals surface area contributed by atoms with E-state index in [2.05, 4.69) is 9.97 Å². The summed E-state index contributed by atoms with van der Waals surface area (Å²) in [6.07, 6.45) is 3.69. The highest BCUT2D eigenvalue weighted by molar-refractivity contribution is 7.98. The maximum atomic E-state index is 12.8. The Morgan fingerprint density at radius 2 is 1.94 bits per heavy atom. The molecule has 0 spiro atoms. The Morgan fingerprint density at radius 1 is 1.22 bits per heavy atom. The second-order valence-electron chi connectivity index (χ2n) is 3.88. The molecule has 2 aromatic rings. The fraction of sp³-hybridized carbons (Fsp3) is 0.231. The van der Waals surface area contributed by atoms with Gasteiger partial charge in [-0.3, -0.25) is 0 Å². The van der Waals surface area contributed by atoms with Crippen LogP contribution < -0.4 is 4.90 Å². The lowest BCUT2D eigenvalue weighted by Gasteiger charge is -2.18. The van der Waals surface area contributed by atoms with Gasteiger partial charge in [-0.2, -0.15) is 0 Å². The normalized spacial score (nSPS) is 10.4. The van der Waals surface area contributed by atoms with Crippen molar-refractivity contribution in [1.29, 1.82) is 0 Å². The molecule has 5 heteroatoms. The molecule has 0 aliphatic carbocycles. The van der Waals surface area contributed by atoms with Crippen LogP contribution >= 0.6 is 11.8 Å². The van der Waals surface area contributed by atoms with Gasteiger partial charge >= 0.3 is 0 Å². The van der Waals surface area contributed by atoms with Crippen molar-refractivity contribution in [3.05, 3.63) is 47.9 Å². The van der Waals surface area contributed by atoms with Crippen molar-refractivity contribution in [2.45, 2.75) is 11.7 Å². The maximum Gasteiger partial charge on any atom is 0.189 e. The minimum absolute atomic E-state index is 0.215. The fourth-order valence-electron chi connectivity index (χ4n) is 1.59. The zero-order chi connectivity index (χ0) is 13.0. The molecule has 0 radical (unpaired) electrons. The molecule has 0 atom stereocenters. The van der Waals surface area contributed by atoms with Crippen molar-refractivity contribution >= 4 is 17.6 Å². The van der Waals surface area contributed by atoms with Crippen LogP contribution in [0.5, 0.6) is 0 Å². The fourth-order valence-corrected chi connectivity index (χ4v) is 1.94. The van der Waals surface area contributed by atoms with Gasteiger partial charge in [0.15, 0.2) is 5.16 Å². The van der Waals surface area contributed by atoms with E-state index in [0.717, 1.165) is 16.5 Å². The molecule has 0 aliphatic heterocycles. The minimum Gasteiger partial charge on any atom is -0.355 e. The summed E-state index contributed by atoms with van der Waals surface area (Å²) in [6.45, 7) is 0.686. The van der Waals surface area contributed by atoms with Crippen LogP contribution in [0.3, 0.4) is 0 Å². The average molecular weight is 263 g/mol. The number of nitrogens with zero attached hydrogens (tertiary/aromatic N) is 3. The third-order valence-corrected chi connectivity index (χ3v) is 3.09. The molecular weight excluding hydrogens is 249 g/mol. The Morgan fingerprint density at radius 3 is 2.61 bits per heavy atom. The molecule has 94 valence electrons. The van der Waals surface area contributed by atoms with Gasteiger partial charge in [-0.25, -0.2) is 14.4 Å². The first kappa shape index (κ1) is 12.8. The zero-order valence-electron chi connectivity index (χ0n) is 10.3. The van der Waals surface area contributed by atoms with Crippen LogP contribution in [0.15, 0.2) is 41.7 Å². The highest BCUT2D eigenvalue weighted by Gasteiger charge is 2.05. The lowest BCUT2D eigenvalue weighted by Crippen LogP contribution is -2.17. The zero-order valence-corrected chi connectivity index (χ0v) is 11.1. The lowest BCUT2D eigenvalue weighted by atomic mass is 10.2. The predicted molar refractivity (Wildman–Crippen MR) is 72.3 cm³/mol. The van der Waals surface area contributed by atoms with E-state index < -0.39 is 0 Å². The third kappa shape index (κ3) is 3.20. The van der Waals surface area contributed by atoms with Crippen LogP contribution in [-0.4, -0.2) is 23.3 Å². The summed E-state index contributed by atoms with van der Waals surface area (Å²) in [5, 5.41) is 0.749. The van der Waals surface area contributed by atoms with Crippen molar-refractivity contribution in [2.24, 2.45) is 0 Å². The monoisotopic (exact) mass is 263 g/mol. The standard InChI is InChI=1S/C13H14FN3S/c1-17(9-10-3-5-11(14)6-4-10)12-7-8-15-13(16-12)18-2/h3-8H,9H2,1-2H3. The molecular formula is C13H14FN3S. The predicted octanol–water partition coefficient (Wildman–Crippen LogP) is 2.97. The first-order valence-electron chi connectivity index (χ1n) is 5.51. The van der Waals surface area contributed by atoms with Crippen LogP contribution in [0.1, 0.15) is 5.56 Å². The number of anilines is 1. The largest absolute Gasteiger partial charge is 0.355 e. The molecule has 1 aromatic carbocycles. The summed E-state index contributed by atoms with van der Waals surface area (Å²) in [6, 6.07) is 8.36. The summed E-state index contributed by atoms with van der Waals surface area (Å²) in [4.78, 5) is 10.6. The summed E-state index contributed by atoms with van der Waals surface area (Å²) in [5.74, 6) is 0.645. The Labute approximate surface area is 110 Å². The van der Waals surface area contributed by atoms with Gasteiger partial charge in [0.25, 0.3) is 0 Å². The minimum atomic E-state index is -0.215. The number of halogens is 1. The van der Waals surface area contributed by atoms with Crippen LogP contribution in [0.25, 0.3) is 0 Å². The molecule has 1 aromatic heterocycles. The van der Waals surface area contributed by atoms with Gasteiger partial charge in [0, 0.05) is 19.8 Å². The maximum absolute atomic E-state index is 12.8. The molecule has 18 heavy (non-hydrogen) atoms. The summed E-state index contributed by atoms with van der Waals surface area (Å²) >= 11 is 1.51. The van der Waals surface area contributed by atoms with Crippen LogP contribution in [0, 0.1) is 5.82 Å². The van der Waals surface area contributed by atoms with Gasteiger partial charge in [-0.1, -0.05) is 23.9 Å². The first-order chi connectivity index (χ1) is 8.69. The van der Waals surface area contributed by atoms with Crippen molar-refractivity contribution < 1.29 is 4.39 Å². The van der Waals surface area contributed by atoms with Crippen molar-refractivity contribution in [3.8, 4) is 0 Å². The van der Waals surface area contributed by atoms with Crippen molar-refractivity contribution in [1.82, 2.24) is 9.97 Å². The molecule has 0 amide bonds. The topological polar surface area (TPSA) is 29.0 Å². The molecule has 2 rings (SSSR count). The van der Waals surface area contributed by atoms with Crippen LogP contribution in [0.4, 0.5) is 10.2 Å². The lowest BCUT2D eigenvalue weighted by molar-refractivity contribution is 0.627. The van der Waals surface area contributed by atoms with E-state index in [-0.39, 0.29) is 5.82 Å². The second-order valence-corrected chi connectivity index (χ2v) is 4.66. The van der Waals surface area contributed by atoms with Gasteiger partial charge < -0.3 is 4.90 Å². The van der Waals surface area contributed by atoms with Gasteiger partial charge in [-0.15, -0.1) is 0 Å². The molecule has 0 N–H and O–H groups in total. The van der Waals surface area contributed by atoms with E-state index in [1.54, 1.807) is 18.3 Å². The molecule has 0 aliphatic rings. The summed E-state index contributed by atoms with van der Waals surface area (Å²) in [7, 11) is 1.95. The van der Waals surface area contributed by atoms with Crippen LogP contribution in [0.2, 0.25) is 0 Å². The Kier molecular flexibility index (Phi) is 4.15. The Hall–Kier alpha value is -1.62. The van der Waals surface area contributed by atoms with Gasteiger partial charge in [-0.05, 0) is 30.0 Å². The SMILES string of the molecule is CSc1nccc(N(C)Cc2ccc(F)cc2)n1. The number of thioether (sulfide) groups is 1. The highest BCUT2D eigenvalue weighted by Crippen LogP contribution is 2.16. The molecule has 0 saturated heterocycles. The molecule has 0 unspecified atom stereocenters. The van der Waals surface area contributed by atoms with E-state index in [1.807, 2.05) is 24.3 Å². The van der Waals surface area contributed by atoms with Gasteiger partial charge in [0.05, 0.1) is 0 Å². The summed E-state index contributed by atoms with van der Waals surface area (Å²) in [5.41, 5.74) is 1.04. The van der Waals surface area contributed by atoms with Gasteiger partial charge in [0.1, 0.15) is 11.6 Å². The molecule has 3 nitrogen and oxygen atoms in total. The quantitative estimate of drug-likeness (QED) is 0.626. The van der Waals surface area contributed by atoms with E-state index in [9.17, 15) is 4.39 Å². The highest BCUT2D eigenvalue weighted by atomic mass is 32.2. The van der Waals surface area contributed by atoms with E-state index >= 15 is 0 Å². The molecule has 0 fully saturated rings. The summed E-state index contributed by atoms with van der Waals surface area (Å²) < 4.78 is 12.8. The van der Waals surface area contributed by atoms with E-state index in [0.29, 0.717) is 6.54 Å². The van der Waals surface area contributed by atoms with Crippen LogP contribution in [-0.2, 0) is 6.54 Å². The number of aromatic nitrogens is 2. The third-order valence-electron chi connectivity index (χ3n) is 2.53. The van der Waals surface area contributed by atoms with Crippen molar-refractivity contribution in [2.75, 3.05) is 18.2 Å². The van der Waals surface area contributed by atoms with Gasteiger partial charge in [0.2, 0.25) is 0 Å². The van der Waals surface area contributed by atoms with Crippen molar-refractivity contribution in [3.63, 3.8) is 0 Å². The Balaban J connectivity index is 2.11. The number of hydrogen-bond donors (Lipinski definition) is 0.